The highest BCUT2D eigenvalue weighted by atomic mass is 32.2. The molecule has 0 heterocycles. The van der Waals surface area contributed by atoms with E-state index in [0.717, 1.165) is 115 Å². The van der Waals surface area contributed by atoms with Gasteiger partial charge in [-0.3, -0.25) is 4.18 Å². The highest BCUT2D eigenvalue weighted by molar-refractivity contribution is 7.89. The standard InChI is InChI=1S/2C14H20O3.C13H18O3.C12H18O4S/c2*1-9(2)12(15)17-14-6-10-3-11(7-14)5-13(16,4-10)8-14;1-2-11(14)16-13-6-9-3-10(7-13)5-12(15,4-9)8-13;1-2-17(14,15)16-12-6-9-3-10(7-12)5-11(13,4-9)8-12/h2*10-11,16H,1,3-8H2,2H3;2,9-10,15H,1,3-8H2;2,9-10,13H,1,3-8H2. The van der Waals surface area contributed by atoms with Gasteiger partial charge in [-0.15, -0.1) is 0 Å². The highest BCUT2D eigenvalue weighted by Crippen LogP contribution is 2.62. The second kappa shape index (κ2) is 16.9. The van der Waals surface area contributed by atoms with Crippen molar-refractivity contribution in [3.05, 3.63) is 48.9 Å². The minimum absolute atomic E-state index is 0.296. The molecule has 8 unspecified atom stereocenters. The van der Waals surface area contributed by atoms with E-state index in [1.807, 2.05) is 0 Å². The number of aliphatic hydroxyl groups is 4. The average molecular weight is 953 g/mol. The van der Waals surface area contributed by atoms with Crippen LogP contribution in [0.3, 0.4) is 0 Å². The second-order valence-electron chi connectivity index (χ2n) is 25.2. The first-order valence-electron chi connectivity index (χ1n) is 25.3. The Labute approximate surface area is 397 Å². The molecule has 0 radical (unpaired) electrons. The predicted octanol–water partition coefficient (Wildman–Crippen LogP) is 7.74. The normalized spacial score (nSPS) is 47.8. The van der Waals surface area contributed by atoms with Gasteiger partial charge in [0, 0.05) is 42.9 Å². The number of hydrogen-bond donors (Lipinski definition) is 4. The van der Waals surface area contributed by atoms with Crippen LogP contribution in [0.25, 0.3) is 0 Å². The van der Waals surface area contributed by atoms with Crippen molar-refractivity contribution >= 4 is 28.0 Å². The average Bonchev–Trinajstić information content (AvgIpc) is 3.14. The Morgan fingerprint density at radius 2 is 0.716 bits per heavy atom. The van der Waals surface area contributed by atoms with Crippen LogP contribution in [0.5, 0.6) is 0 Å². The van der Waals surface area contributed by atoms with Gasteiger partial charge in [0.05, 0.1) is 33.4 Å². The molecule has 16 bridgehead atoms. The third kappa shape index (κ3) is 10.3. The van der Waals surface area contributed by atoms with Crippen molar-refractivity contribution in [1.29, 1.82) is 0 Å². The largest absolute Gasteiger partial charge is 0.456 e. The lowest BCUT2D eigenvalue weighted by Crippen LogP contribution is -2.60. The zero-order chi connectivity index (χ0) is 48.2. The van der Waals surface area contributed by atoms with Gasteiger partial charge in [-0.1, -0.05) is 26.3 Å². The van der Waals surface area contributed by atoms with E-state index < -0.39 is 49.3 Å². The van der Waals surface area contributed by atoms with Gasteiger partial charge >= 0.3 is 17.9 Å². The van der Waals surface area contributed by atoms with Crippen LogP contribution in [-0.4, -0.2) is 91.6 Å². The van der Waals surface area contributed by atoms with Gasteiger partial charge in [-0.25, -0.2) is 14.4 Å². The Balaban J connectivity index is 0.000000112. The highest BCUT2D eigenvalue weighted by Gasteiger charge is 2.62. The van der Waals surface area contributed by atoms with Crippen molar-refractivity contribution in [1.82, 2.24) is 0 Å². The van der Waals surface area contributed by atoms with E-state index in [2.05, 4.69) is 26.3 Å². The number of carbonyl (C=O) groups excluding carboxylic acids is 3. The van der Waals surface area contributed by atoms with Crippen LogP contribution in [0.15, 0.2) is 48.9 Å². The van der Waals surface area contributed by atoms with Crippen molar-refractivity contribution in [3.8, 4) is 0 Å². The van der Waals surface area contributed by atoms with Crippen LogP contribution in [0.1, 0.15) is 168 Å². The summed E-state index contributed by atoms with van der Waals surface area (Å²) in [6.45, 7) is 17.3. The molecule has 0 aromatic carbocycles. The summed E-state index contributed by atoms with van der Waals surface area (Å²) in [6.07, 6.45) is 22.4. The Morgan fingerprint density at radius 1 is 0.463 bits per heavy atom. The van der Waals surface area contributed by atoms with Crippen LogP contribution in [0.2, 0.25) is 0 Å². The fourth-order valence-electron chi connectivity index (χ4n) is 18.1. The molecule has 16 fully saturated rings. The fraction of sp³-hybridized carbons (Fsp3) is 0.792. The van der Waals surface area contributed by atoms with Crippen LogP contribution in [-0.2, 0) is 42.9 Å². The molecule has 13 nitrogen and oxygen atoms in total. The van der Waals surface area contributed by atoms with Gasteiger partial charge in [-0.05, 0) is 190 Å². The van der Waals surface area contributed by atoms with Crippen molar-refractivity contribution < 1.29 is 61.6 Å². The smallest absolute Gasteiger partial charge is 0.333 e. The van der Waals surface area contributed by atoms with Crippen LogP contribution >= 0.6 is 0 Å². The van der Waals surface area contributed by atoms with Gasteiger partial charge in [-0.2, -0.15) is 8.42 Å². The summed E-state index contributed by atoms with van der Waals surface area (Å²) in [4.78, 5) is 34.8. The third-order valence-electron chi connectivity index (χ3n) is 18.2. The fourth-order valence-corrected chi connectivity index (χ4v) is 18.8. The number of rotatable bonds is 9. The summed E-state index contributed by atoms with van der Waals surface area (Å²) in [5, 5.41) is 42.7. The minimum atomic E-state index is -3.66. The molecule has 16 rings (SSSR count). The lowest BCUT2D eigenvalue weighted by atomic mass is 9.52. The maximum Gasteiger partial charge on any atom is 0.333 e. The van der Waals surface area contributed by atoms with Gasteiger partial charge in [0.2, 0.25) is 0 Å². The lowest BCUT2D eigenvalue weighted by molar-refractivity contribution is -0.218. The molecular weight excluding hydrogens is 877 g/mol. The summed E-state index contributed by atoms with van der Waals surface area (Å²) >= 11 is 0. The maximum absolute atomic E-state index is 11.7. The van der Waals surface area contributed by atoms with E-state index >= 15 is 0 Å². The van der Waals surface area contributed by atoms with Crippen molar-refractivity contribution in [2.45, 2.75) is 213 Å². The van der Waals surface area contributed by atoms with Crippen molar-refractivity contribution in [3.63, 3.8) is 0 Å². The molecule has 0 aromatic heterocycles. The molecule has 16 aliphatic carbocycles. The quantitative estimate of drug-likeness (QED) is 0.0757. The molecular formula is C53H76O13S. The Hall–Kier alpha value is -2.88. The van der Waals surface area contributed by atoms with E-state index in [9.17, 15) is 43.2 Å². The summed E-state index contributed by atoms with van der Waals surface area (Å²) < 4.78 is 45.4. The molecule has 0 aromatic rings. The molecule has 16 aliphatic rings. The molecule has 0 amide bonds. The molecule has 0 spiro atoms. The van der Waals surface area contributed by atoms with E-state index in [1.54, 1.807) is 13.8 Å². The summed E-state index contributed by atoms with van der Waals surface area (Å²) in [5.74, 6) is 3.16. The molecule has 372 valence electrons. The second-order valence-corrected chi connectivity index (χ2v) is 26.7. The minimum Gasteiger partial charge on any atom is -0.456 e. The SMILES string of the molecule is C=C(C)C(=O)OC12CC3CC(CC(O)(C3)C1)C2.C=C(C)C(=O)OC12CC3CC(CC(O)(C3)C1)C2.C=CC(=O)OC12CC3CC(CC(O)(C3)C1)C2.C=CS(=O)(=O)OC12CC3CC(CC(O)(C3)C1)C2. The molecule has 16 saturated carbocycles. The summed E-state index contributed by atoms with van der Waals surface area (Å²) in [6, 6.07) is 0. The first-order valence-corrected chi connectivity index (χ1v) is 26.7. The van der Waals surface area contributed by atoms with E-state index in [-0.39, 0.29) is 23.5 Å². The van der Waals surface area contributed by atoms with Gasteiger partial charge < -0.3 is 34.6 Å². The Kier molecular flexibility index (Phi) is 12.4. The van der Waals surface area contributed by atoms with Crippen molar-refractivity contribution in [2.24, 2.45) is 47.3 Å². The van der Waals surface area contributed by atoms with E-state index in [4.69, 9.17) is 18.4 Å². The summed E-state index contributed by atoms with van der Waals surface area (Å²) in [5.41, 5.74) is -3.33. The maximum atomic E-state index is 11.7. The predicted molar refractivity (Wildman–Crippen MR) is 248 cm³/mol. The first kappa shape index (κ1) is 49.1. The zero-order valence-corrected chi connectivity index (χ0v) is 40.8. The monoisotopic (exact) mass is 953 g/mol. The third-order valence-corrected chi connectivity index (χ3v) is 19.2. The number of hydrogen-bond acceptors (Lipinski definition) is 13. The molecule has 14 heteroatoms. The summed E-state index contributed by atoms with van der Waals surface area (Å²) in [7, 11) is -3.66. The molecule has 0 saturated heterocycles. The van der Waals surface area contributed by atoms with E-state index in [0.29, 0.717) is 84.2 Å². The van der Waals surface area contributed by atoms with Gasteiger partial charge in [0.1, 0.15) is 16.8 Å². The zero-order valence-electron chi connectivity index (χ0n) is 39.9. The van der Waals surface area contributed by atoms with Crippen LogP contribution < -0.4 is 0 Å². The Morgan fingerprint density at radius 3 is 0.955 bits per heavy atom. The number of ether oxygens (including phenoxy) is 3. The number of carbonyl (C=O) groups is 3. The van der Waals surface area contributed by atoms with Crippen LogP contribution in [0.4, 0.5) is 0 Å². The molecule has 0 aliphatic heterocycles. The lowest BCUT2D eigenvalue weighted by Gasteiger charge is -2.59. The topological polar surface area (TPSA) is 203 Å². The molecule has 67 heavy (non-hydrogen) atoms. The first-order chi connectivity index (χ1) is 31.2. The molecule has 4 N–H and O–H groups in total. The number of esters is 3. The van der Waals surface area contributed by atoms with Crippen LogP contribution in [0, 0.1) is 47.3 Å². The van der Waals surface area contributed by atoms with Gasteiger partial charge in [0.15, 0.2) is 0 Å². The van der Waals surface area contributed by atoms with Crippen molar-refractivity contribution in [2.75, 3.05) is 0 Å². The molecule has 8 atom stereocenters. The van der Waals surface area contributed by atoms with E-state index in [1.165, 1.54) is 25.3 Å². The Bertz CT molecular complexity index is 2040. The van der Waals surface area contributed by atoms with Gasteiger partial charge in [0.25, 0.3) is 10.1 Å².